The molecule has 0 fully saturated rings. The van der Waals surface area contributed by atoms with E-state index in [-0.39, 0.29) is 37.0 Å². The van der Waals surface area contributed by atoms with Crippen molar-refractivity contribution < 1.29 is 19.1 Å². The van der Waals surface area contributed by atoms with E-state index in [2.05, 4.69) is 5.32 Å². The van der Waals surface area contributed by atoms with Gasteiger partial charge in [0.25, 0.3) is 5.91 Å². The van der Waals surface area contributed by atoms with Crippen molar-refractivity contribution in [1.29, 1.82) is 0 Å². The van der Waals surface area contributed by atoms with Crippen LogP contribution in [0.4, 0.5) is 17.1 Å². The van der Waals surface area contributed by atoms with Crippen LogP contribution in [-0.2, 0) is 14.3 Å². The average molecular weight is 529 g/mol. The molecule has 0 saturated heterocycles. The first-order valence-electron chi connectivity index (χ1n) is 13.3. The molecule has 0 spiro atoms. The Morgan fingerprint density at radius 2 is 1.64 bits per heavy atom. The maximum Gasteiger partial charge on any atom is 0.258 e. The number of hydrogen-bond donors (Lipinski definition) is 1. The van der Waals surface area contributed by atoms with Crippen LogP contribution in [0.15, 0.2) is 78.9 Å². The van der Waals surface area contributed by atoms with Crippen LogP contribution in [0.2, 0.25) is 0 Å². The van der Waals surface area contributed by atoms with Crippen molar-refractivity contribution in [3.63, 3.8) is 0 Å². The third kappa shape index (κ3) is 7.03. The molecular weight excluding hydrogens is 492 g/mol. The number of benzene rings is 3. The summed E-state index contributed by atoms with van der Waals surface area (Å²) in [4.78, 5) is 43.6. The molecule has 0 bridgehead atoms. The van der Waals surface area contributed by atoms with Crippen molar-refractivity contribution in [3.05, 3.63) is 90.0 Å². The van der Waals surface area contributed by atoms with E-state index in [0.717, 1.165) is 23.4 Å². The van der Waals surface area contributed by atoms with Gasteiger partial charge in [-0.3, -0.25) is 14.4 Å². The quantitative estimate of drug-likeness (QED) is 0.434. The van der Waals surface area contributed by atoms with Gasteiger partial charge in [-0.2, -0.15) is 0 Å². The number of likely N-dealkylation sites (N-methyl/N-ethyl adjacent to an activating group) is 2. The third-order valence-corrected chi connectivity index (χ3v) is 6.83. The molecular formula is C31H36N4O4. The zero-order valence-electron chi connectivity index (χ0n) is 22.8. The van der Waals surface area contributed by atoms with Crippen LogP contribution >= 0.6 is 0 Å². The number of carbonyl (C=O) groups excluding carboxylic acids is 3. The van der Waals surface area contributed by atoms with E-state index in [1.165, 1.54) is 4.90 Å². The maximum atomic E-state index is 13.6. The second-order valence-electron chi connectivity index (χ2n) is 9.72. The predicted octanol–water partition coefficient (Wildman–Crippen LogP) is 4.74. The van der Waals surface area contributed by atoms with Crippen molar-refractivity contribution in [2.24, 2.45) is 0 Å². The molecule has 1 atom stereocenters. The molecule has 1 aliphatic heterocycles. The van der Waals surface area contributed by atoms with E-state index >= 15 is 0 Å². The van der Waals surface area contributed by atoms with E-state index in [9.17, 15) is 14.4 Å². The first kappa shape index (κ1) is 27.9. The molecule has 204 valence electrons. The smallest absolute Gasteiger partial charge is 0.258 e. The van der Waals surface area contributed by atoms with Gasteiger partial charge in [0.05, 0.1) is 12.6 Å². The lowest BCUT2D eigenvalue weighted by Crippen LogP contribution is -2.33. The fraction of sp³-hybridized carbons (Fsp3) is 0.323. The zero-order valence-corrected chi connectivity index (χ0v) is 22.8. The van der Waals surface area contributed by atoms with Crippen molar-refractivity contribution in [2.45, 2.75) is 25.9 Å². The molecule has 1 aliphatic rings. The molecule has 0 aromatic heterocycles. The van der Waals surface area contributed by atoms with Crippen LogP contribution < -0.4 is 15.1 Å². The fourth-order valence-corrected chi connectivity index (χ4v) is 4.65. The highest BCUT2D eigenvalue weighted by Gasteiger charge is 2.28. The molecule has 1 unspecified atom stereocenters. The van der Waals surface area contributed by atoms with Gasteiger partial charge in [-0.15, -0.1) is 0 Å². The van der Waals surface area contributed by atoms with Crippen LogP contribution in [0, 0.1) is 0 Å². The molecule has 0 radical (unpaired) electrons. The number of para-hydroxylation sites is 2. The van der Waals surface area contributed by atoms with Crippen LogP contribution in [0.5, 0.6) is 0 Å². The summed E-state index contributed by atoms with van der Waals surface area (Å²) in [6.07, 6.45) is 1.19. The lowest BCUT2D eigenvalue weighted by atomic mass is 10.0. The molecule has 0 aliphatic carbocycles. The Kier molecular flexibility index (Phi) is 9.33. The van der Waals surface area contributed by atoms with Crippen LogP contribution in [0.3, 0.4) is 0 Å². The van der Waals surface area contributed by atoms with Gasteiger partial charge in [-0.1, -0.05) is 36.4 Å². The number of nitrogens with one attached hydrogen (secondary N) is 1. The highest BCUT2D eigenvalue weighted by atomic mass is 16.5. The summed E-state index contributed by atoms with van der Waals surface area (Å²) in [5.41, 5.74) is 3.85. The SMILES string of the molecule is CCN(CC(=O)Nc1ccc(C(=O)N2CCCC(OCC(=O)N(C)C)c3ccccc32)cc1)c1ccccc1. The van der Waals surface area contributed by atoms with Gasteiger partial charge in [0, 0.05) is 55.4 Å². The van der Waals surface area contributed by atoms with Crippen molar-refractivity contribution in [2.75, 3.05) is 55.5 Å². The molecule has 1 heterocycles. The minimum atomic E-state index is -0.265. The summed E-state index contributed by atoms with van der Waals surface area (Å²) >= 11 is 0. The van der Waals surface area contributed by atoms with Crippen molar-refractivity contribution in [1.82, 2.24) is 4.90 Å². The number of nitrogens with zero attached hydrogens (tertiary/aromatic N) is 3. The molecule has 0 saturated carbocycles. The Hall–Kier alpha value is -4.17. The number of anilines is 3. The van der Waals surface area contributed by atoms with Gasteiger partial charge in [0.1, 0.15) is 6.61 Å². The molecule has 8 nitrogen and oxygen atoms in total. The first-order chi connectivity index (χ1) is 18.9. The lowest BCUT2D eigenvalue weighted by molar-refractivity contribution is -0.135. The summed E-state index contributed by atoms with van der Waals surface area (Å²) in [5.74, 6) is -0.342. The minimum Gasteiger partial charge on any atom is -0.364 e. The molecule has 3 aromatic rings. The average Bonchev–Trinajstić information content (AvgIpc) is 3.14. The molecule has 8 heteroatoms. The Bertz CT molecular complexity index is 1280. The monoisotopic (exact) mass is 528 g/mol. The van der Waals surface area contributed by atoms with Crippen LogP contribution in [-0.4, -0.2) is 63.0 Å². The van der Waals surface area contributed by atoms with E-state index in [4.69, 9.17) is 4.74 Å². The van der Waals surface area contributed by atoms with Crippen LogP contribution in [0.1, 0.15) is 41.8 Å². The summed E-state index contributed by atoms with van der Waals surface area (Å²) in [6, 6.07) is 24.5. The van der Waals surface area contributed by atoms with Gasteiger partial charge in [0.15, 0.2) is 0 Å². The third-order valence-electron chi connectivity index (χ3n) is 6.83. The van der Waals surface area contributed by atoms with Gasteiger partial charge < -0.3 is 24.8 Å². The van der Waals surface area contributed by atoms with E-state index in [0.29, 0.717) is 30.8 Å². The van der Waals surface area contributed by atoms with Gasteiger partial charge in [-0.05, 0) is 62.2 Å². The zero-order chi connectivity index (χ0) is 27.8. The number of amides is 3. The number of fused-ring (bicyclic) bond motifs is 1. The number of hydrogen-bond acceptors (Lipinski definition) is 5. The summed E-state index contributed by atoms with van der Waals surface area (Å²) in [7, 11) is 3.41. The van der Waals surface area contributed by atoms with E-state index in [1.807, 2.05) is 66.4 Å². The van der Waals surface area contributed by atoms with Crippen molar-refractivity contribution in [3.8, 4) is 0 Å². The molecule has 3 aromatic carbocycles. The van der Waals surface area contributed by atoms with Gasteiger partial charge >= 0.3 is 0 Å². The predicted molar refractivity (Wildman–Crippen MR) is 154 cm³/mol. The van der Waals surface area contributed by atoms with Gasteiger partial charge in [-0.25, -0.2) is 0 Å². The maximum absolute atomic E-state index is 13.6. The molecule has 1 N–H and O–H groups in total. The van der Waals surface area contributed by atoms with Crippen molar-refractivity contribution >= 4 is 34.8 Å². The van der Waals surface area contributed by atoms with Crippen LogP contribution in [0.25, 0.3) is 0 Å². The Morgan fingerprint density at radius 1 is 0.949 bits per heavy atom. The molecule has 39 heavy (non-hydrogen) atoms. The summed E-state index contributed by atoms with van der Waals surface area (Å²) in [6.45, 7) is 3.49. The van der Waals surface area contributed by atoms with Gasteiger partial charge in [0.2, 0.25) is 11.8 Å². The summed E-state index contributed by atoms with van der Waals surface area (Å²) < 4.78 is 5.99. The van der Waals surface area contributed by atoms with E-state index in [1.54, 1.807) is 43.3 Å². The second-order valence-corrected chi connectivity index (χ2v) is 9.72. The highest BCUT2D eigenvalue weighted by Crippen LogP contribution is 2.36. The number of ether oxygens (including phenoxy) is 1. The minimum absolute atomic E-state index is 0.00546. The lowest BCUT2D eigenvalue weighted by Gasteiger charge is -2.24. The Morgan fingerprint density at radius 3 is 2.33 bits per heavy atom. The molecule has 4 rings (SSSR count). The highest BCUT2D eigenvalue weighted by molar-refractivity contribution is 6.07. The number of rotatable bonds is 9. The topological polar surface area (TPSA) is 82.2 Å². The normalized spacial score (nSPS) is 14.6. The fourth-order valence-electron chi connectivity index (χ4n) is 4.65. The Labute approximate surface area is 230 Å². The second kappa shape index (κ2) is 13.1. The molecule has 3 amide bonds. The largest absolute Gasteiger partial charge is 0.364 e. The number of carbonyl (C=O) groups is 3. The first-order valence-corrected chi connectivity index (χ1v) is 13.3. The standard InChI is InChI=1S/C31H36N4O4/c1-4-34(25-11-6-5-7-12-25)21-29(36)32-24-18-16-23(17-19-24)31(38)35-20-10-15-28(39-22-30(37)33(2)3)26-13-8-9-14-27(26)35/h5-9,11-14,16-19,28H,4,10,15,20-22H2,1-3H3,(H,32,36). The Balaban J connectivity index is 1.43. The summed E-state index contributed by atoms with van der Waals surface area (Å²) in [5, 5.41) is 2.93. The van der Waals surface area contributed by atoms with E-state index < -0.39 is 0 Å².